The van der Waals surface area contributed by atoms with Crippen LogP contribution < -0.4 is 5.73 Å². The minimum absolute atomic E-state index is 0.0542. The molecule has 1 heterocycles. The van der Waals surface area contributed by atoms with Crippen molar-refractivity contribution in [2.24, 2.45) is 5.73 Å². The summed E-state index contributed by atoms with van der Waals surface area (Å²) >= 11 is 0. The van der Waals surface area contributed by atoms with Gasteiger partial charge in [-0.15, -0.1) is 0 Å². The average molecular weight is 242 g/mol. The van der Waals surface area contributed by atoms with Gasteiger partial charge in [-0.25, -0.2) is 0 Å². The highest BCUT2D eigenvalue weighted by molar-refractivity contribution is 6.03. The first-order valence-electron chi connectivity index (χ1n) is 5.92. The second kappa shape index (κ2) is 3.99. The first kappa shape index (κ1) is 11.0. The molecule has 0 saturated carbocycles. The van der Waals surface area contributed by atoms with Crippen molar-refractivity contribution in [1.29, 1.82) is 0 Å². The lowest BCUT2D eigenvalue weighted by Gasteiger charge is -2.37. The van der Waals surface area contributed by atoms with E-state index in [4.69, 9.17) is 5.73 Å². The number of phenols is 1. The van der Waals surface area contributed by atoms with Crippen LogP contribution in [0.3, 0.4) is 0 Å². The number of carbonyl (C=O) groups is 1. The summed E-state index contributed by atoms with van der Waals surface area (Å²) in [5.74, 6) is -0.0986. The molecule has 2 aromatic carbocycles. The molecule has 3 rings (SSSR count). The molecule has 1 saturated heterocycles. The fourth-order valence-electron chi connectivity index (χ4n) is 2.28. The molecular formula is C14H14N2O2. The van der Waals surface area contributed by atoms with Crippen molar-refractivity contribution in [1.82, 2.24) is 4.90 Å². The number of hydrogen-bond acceptors (Lipinski definition) is 3. The van der Waals surface area contributed by atoms with Crippen molar-refractivity contribution in [3.8, 4) is 5.75 Å². The third-order valence-electron chi connectivity index (χ3n) is 3.33. The zero-order valence-corrected chi connectivity index (χ0v) is 9.84. The Labute approximate surface area is 105 Å². The van der Waals surface area contributed by atoms with E-state index >= 15 is 0 Å². The van der Waals surface area contributed by atoms with Crippen LogP contribution in [-0.2, 0) is 0 Å². The Balaban J connectivity index is 2.02. The van der Waals surface area contributed by atoms with Crippen LogP contribution in [0, 0.1) is 0 Å². The van der Waals surface area contributed by atoms with E-state index in [2.05, 4.69) is 0 Å². The molecule has 4 nitrogen and oxygen atoms in total. The highest BCUT2D eigenvalue weighted by Gasteiger charge is 2.29. The van der Waals surface area contributed by atoms with Gasteiger partial charge in [-0.3, -0.25) is 4.79 Å². The normalized spacial score (nSPS) is 15.7. The summed E-state index contributed by atoms with van der Waals surface area (Å²) in [7, 11) is 0. The summed E-state index contributed by atoms with van der Waals surface area (Å²) < 4.78 is 0. The third kappa shape index (κ3) is 1.62. The van der Waals surface area contributed by atoms with Crippen LogP contribution in [0.15, 0.2) is 36.4 Å². The molecule has 0 unspecified atom stereocenters. The Morgan fingerprint density at radius 3 is 2.67 bits per heavy atom. The number of nitrogens with zero attached hydrogens (tertiary/aromatic N) is 1. The van der Waals surface area contributed by atoms with Crippen LogP contribution in [0.5, 0.6) is 5.75 Å². The van der Waals surface area contributed by atoms with Crippen LogP contribution in [0.25, 0.3) is 10.8 Å². The van der Waals surface area contributed by atoms with Crippen LogP contribution in [0.4, 0.5) is 0 Å². The molecule has 0 atom stereocenters. The number of nitrogens with two attached hydrogens (primary N) is 1. The number of rotatable bonds is 1. The van der Waals surface area contributed by atoms with Gasteiger partial charge >= 0.3 is 0 Å². The molecule has 4 heteroatoms. The molecule has 0 bridgehead atoms. The molecule has 2 aromatic rings. The van der Waals surface area contributed by atoms with Gasteiger partial charge < -0.3 is 15.7 Å². The second-order valence-corrected chi connectivity index (χ2v) is 4.65. The molecule has 92 valence electrons. The van der Waals surface area contributed by atoms with Gasteiger partial charge in [0, 0.05) is 24.5 Å². The van der Waals surface area contributed by atoms with E-state index in [1.54, 1.807) is 11.0 Å². The van der Waals surface area contributed by atoms with Gasteiger partial charge in [0.05, 0.1) is 5.56 Å². The van der Waals surface area contributed by atoms with Gasteiger partial charge in [0.15, 0.2) is 0 Å². The van der Waals surface area contributed by atoms with Crippen molar-refractivity contribution in [3.05, 3.63) is 42.0 Å². The van der Waals surface area contributed by atoms with Gasteiger partial charge in [-0.1, -0.05) is 30.3 Å². The summed E-state index contributed by atoms with van der Waals surface area (Å²) in [6, 6.07) is 11.0. The van der Waals surface area contributed by atoms with Gasteiger partial charge in [0.2, 0.25) is 0 Å². The lowest BCUT2D eigenvalue weighted by Crippen LogP contribution is -2.57. The Hall–Kier alpha value is -2.07. The van der Waals surface area contributed by atoms with E-state index in [-0.39, 0.29) is 17.7 Å². The SMILES string of the molecule is NC1CN(C(=O)c2ccc3ccccc3c2O)C1. The van der Waals surface area contributed by atoms with Crippen molar-refractivity contribution in [3.63, 3.8) is 0 Å². The summed E-state index contributed by atoms with van der Waals surface area (Å²) in [4.78, 5) is 13.8. The molecule has 0 spiro atoms. The number of benzene rings is 2. The summed E-state index contributed by atoms with van der Waals surface area (Å²) in [6.45, 7) is 1.12. The monoisotopic (exact) mass is 242 g/mol. The summed E-state index contributed by atoms with van der Waals surface area (Å²) in [6.07, 6.45) is 0. The fourth-order valence-corrected chi connectivity index (χ4v) is 2.28. The van der Waals surface area contributed by atoms with Gasteiger partial charge in [0.1, 0.15) is 5.75 Å². The average Bonchev–Trinajstić information content (AvgIpc) is 2.35. The topological polar surface area (TPSA) is 66.6 Å². The van der Waals surface area contributed by atoms with Gasteiger partial charge in [0.25, 0.3) is 5.91 Å². The number of amides is 1. The molecular weight excluding hydrogens is 228 g/mol. The predicted molar refractivity (Wildman–Crippen MR) is 69.5 cm³/mol. The Kier molecular flexibility index (Phi) is 2.45. The molecule has 1 aliphatic heterocycles. The quantitative estimate of drug-likeness (QED) is 0.792. The Bertz CT molecular complexity index is 618. The van der Waals surface area contributed by atoms with Crippen molar-refractivity contribution in [2.75, 3.05) is 13.1 Å². The molecule has 1 amide bonds. The molecule has 3 N–H and O–H groups in total. The van der Waals surface area contributed by atoms with Crippen molar-refractivity contribution < 1.29 is 9.90 Å². The first-order valence-corrected chi connectivity index (χ1v) is 5.92. The molecule has 18 heavy (non-hydrogen) atoms. The molecule has 0 aromatic heterocycles. The molecule has 1 aliphatic rings. The first-order chi connectivity index (χ1) is 8.66. The maximum absolute atomic E-state index is 12.1. The maximum Gasteiger partial charge on any atom is 0.257 e. The van der Waals surface area contributed by atoms with Crippen LogP contribution in [0.2, 0.25) is 0 Å². The minimum Gasteiger partial charge on any atom is -0.506 e. The van der Waals surface area contributed by atoms with E-state index < -0.39 is 0 Å². The van der Waals surface area contributed by atoms with E-state index in [0.29, 0.717) is 24.0 Å². The minimum atomic E-state index is -0.153. The van der Waals surface area contributed by atoms with Crippen LogP contribution in [-0.4, -0.2) is 35.0 Å². The highest BCUT2D eigenvalue weighted by Crippen LogP contribution is 2.30. The number of phenolic OH excluding ortho intramolecular Hbond substituents is 1. The largest absolute Gasteiger partial charge is 0.506 e. The fraction of sp³-hybridized carbons (Fsp3) is 0.214. The number of fused-ring (bicyclic) bond motifs is 1. The smallest absolute Gasteiger partial charge is 0.257 e. The lowest BCUT2D eigenvalue weighted by molar-refractivity contribution is 0.0605. The van der Waals surface area contributed by atoms with Gasteiger partial charge in [-0.2, -0.15) is 0 Å². The predicted octanol–water partition coefficient (Wildman–Crippen LogP) is 1.33. The van der Waals surface area contributed by atoms with E-state index in [0.717, 1.165) is 5.39 Å². The third-order valence-corrected chi connectivity index (χ3v) is 3.33. The van der Waals surface area contributed by atoms with E-state index in [1.807, 2.05) is 30.3 Å². The highest BCUT2D eigenvalue weighted by atomic mass is 16.3. The van der Waals surface area contributed by atoms with Crippen molar-refractivity contribution in [2.45, 2.75) is 6.04 Å². The van der Waals surface area contributed by atoms with Gasteiger partial charge in [-0.05, 0) is 11.5 Å². The Morgan fingerprint density at radius 2 is 1.94 bits per heavy atom. The zero-order chi connectivity index (χ0) is 12.7. The Morgan fingerprint density at radius 1 is 1.22 bits per heavy atom. The number of likely N-dealkylation sites (tertiary alicyclic amines) is 1. The van der Waals surface area contributed by atoms with Crippen LogP contribution in [0.1, 0.15) is 10.4 Å². The molecule has 0 radical (unpaired) electrons. The van der Waals surface area contributed by atoms with Crippen molar-refractivity contribution >= 4 is 16.7 Å². The lowest BCUT2D eigenvalue weighted by atomic mass is 10.0. The van der Waals surface area contributed by atoms with Crippen LogP contribution >= 0.6 is 0 Å². The summed E-state index contributed by atoms with van der Waals surface area (Å²) in [5.41, 5.74) is 6.00. The molecule has 0 aliphatic carbocycles. The molecule has 1 fully saturated rings. The van der Waals surface area contributed by atoms with E-state index in [1.165, 1.54) is 0 Å². The number of carbonyl (C=O) groups excluding carboxylic acids is 1. The summed E-state index contributed by atoms with van der Waals surface area (Å²) in [5, 5.41) is 11.8. The zero-order valence-electron chi connectivity index (χ0n) is 9.84. The number of hydrogen-bond donors (Lipinski definition) is 2. The standard InChI is InChI=1S/C14H14N2O2/c15-10-7-16(8-10)14(18)12-6-5-9-3-1-2-4-11(9)13(12)17/h1-6,10,17H,7-8,15H2. The second-order valence-electron chi connectivity index (χ2n) is 4.65. The number of aromatic hydroxyl groups is 1. The maximum atomic E-state index is 12.1. The van der Waals surface area contributed by atoms with E-state index in [9.17, 15) is 9.90 Å².